The maximum atomic E-state index is 9.55. The number of aromatic nitrogens is 2. The number of hydrogen-bond donors (Lipinski definition) is 1. The molecule has 4 heteroatoms. The molecule has 0 unspecified atom stereocenters. The quantitative estimate of drug-likeness (QED) is 0.901. The molecule has 2 heterocycles. The highest BCUT2D eigenvalue weighted by Gasteiger charge is 2.40. The predicted molar refractivity (Wildman–Crippen MR) is 67.1 cm³/mol. The van der Waals surface area contributed by atoms with Crippen LogP contribution in [0, 0.1) is 6.92 Å². The van der Waals surface area contributed by atoms with Gasteiger partial charge in [-0.25, -0.2) is 9.97 Å². The molecule has 18 heavy (non-hydrogen) atoms. The summed E-state index contributed by atoms with van der Waals surface area (Å²) in [7, 11) is 0. The minimum absolute atomic E-state index is 0.119. The zero-order valence-electron chi connectivity index (χ0n) is 10.4. The van der Waals surface area contributed by atoms with Crippen molar-refractivity contribution in [2.24, 2.45) is 0 Å². The molecular weight excluding hydrogens is 228 g/mol. The van der Waals surface area contributed by atoms with E-state index in [2.05, 4.69) is 9.97 Å². The van der Waals surface area contributed by atoms with Gasteiger partial charge in [0.15, 0.2) is 5.76 Å². The van der Waals surface area contributed by atoms with Crippen molar-refractivity contribution in [2.75, 3.05) is 6.61 Å². The molecular formula is C14H16N2O2. The Morgan fingerprint density at radius 2 is 2.17 bits per heavy atom. The van der Waals surface area contributed by atoms with Gasteiger partial charge in [0.1, 0.15) is 17.3 Å². The Labute approximate surface area is 106 Å². The van der Waals surface area contributed by atoms with E-state index >= 15 is 0 Å². The van der Waals surface area contributed by atoms with E-state index in [1.165, 1.54) is 0 Å². The number of furan rings is 1. The van der Waals surface area contributed by atoms with Gasteiger partial charge in [-0.2, -0.15) is 0 Å². The summed E-state index contributed by atoms with van der Waals surface area (Å²) >= 11 is 0. The summed E-state index contributed by atoms with van der Waals surface area (Å²) in [6.07, 6.45) is 4.80. The maximum absolute atomic E-state index is 9.55. The SMILES string of the molecule is Cc1ccc(-c2ccnc(C3(CO)CCC3)n2)o1. The molecule has 0 bridgehead atoms. The second-order valence-electron chi connectivity index (χ2n) is 4.97. The van der Waals surface area contributed by atoms with Crippen LogP contribution in [-0.2, 0) is 5.41 Å². The normalized spacial score (nSPS) is 17.4. The molecule has 0 radical (unpaired) electrons. The van der Waals surface area contributed by atoms with Crippen molar-refractivity contribution in [1.82, 2.24) is 9.97 Å². The number of aliphatic hydroxyl groups excluding tert-OH is 1. The first-order valence-corrected chi connectivity index (χ1v) is 6.25. The van der Waals surface area contributed by atoms with Gasteiger partial charge in [-0.3, -0.25) is 0 Å². The molecule has 0 saturated heterocycles. The Morgan fingerprint density at radius 3 is 2.72 bits per heavy atom. The van der Waals surface area contributed by atoms with Gasteiger partial charge in [0, 0.05) is 6.20 Å². The molecule has 1 N–H and O–H groups in total. The topological polar surface area (TPSA) is 59.2 Å². The predicted octanol–water partition coefficient (Wildman–Crippen LogP) is 2.46. The van der Waals surface area contributed by atoms with E-state index < -0.39 is 0 Å². The van der Waals surface area contributed by atoms with E-state index in [1.54, 1.807) is 6.20 Å². The fourth-order valence-corrected chi connectivity index (χ4v) is 2.38. The molecule has 2 aromatic rings. The molecule has 0 aromatic carbocycles. The number of nitrogens with zero attached hydrogens (tertiary/aromatic N) is 2. The van der Waals surface area contributed by atoms with Gasteiger partial charge < -0.3 is 9.52 Å². The molecule has 0 amide bonds. The summed E-state index contributed by atoms with van der Waals surface area (Å²) in [6, 6.07) is 5.67. The summed E-state index contributed by atoms with van der Waals surface area (Å²) < 4.78 is 5.57. The summed E-state index contributed by atoms with van der Waals surface area (Å²) in [5.74, 6) is 2.36. The first kappa shape index (κ1) is 11.4. The van der Waals surface area contributed by atoms with Crippen molar-refractivity contribution in [3.63, 3.8) is 0 Å². The first-order chi connectivity index (χ1) is 8.73. The molecule has 4 nitrogen and oxygen atoms in total. The van der Waals surface area contributed by atoms with E-state index in [0.29, 0.717) is 0 Å². The molecule has 0 aliphatic heterocycles. The molecule has 1 aliphatic rings. The summed E-state index contributed by atoms with van der Waals surface area (Å²) in [5, 5.41) is 9.55. The lowest BCUT2D eigenvalue weighted by Crippen LogP contribution is -2.39. The number of aliphatic hydroxyl groups is 1. The van der Waals surface area contributed by atoms with Gasteiger partial charge in [-0.1, -0.05) is 6.42 Å². The minimum atomic E-state index is -0.225. The van der Waals surface area contributed by atoms with Crippen LogP contribution in [-0.4, -0.2) is 21.7 Å². The van der Waals surface area contributed by atoms with Gasteiger partial charge in [0.05, 0.1) is 12.0 Å². The Bertz CT molecular complexity index is 553. The van der Waals surface area contributed by atoms with Crippen LogP contribution in [0.4, 0.5) is 0 Å². The molecule has 1 saturated carbocycles. The van der Waals surface area contributed by atoms with Crippen molar-refractivity contribution in [3.05, 3.63) is 36.0 Å². The van der Waals surface area contributed by atoms with Crippen molar-refractivity contribution < 1.29 is 9.52 Å². The fourth-order valence-electron chi connectivity index (χ4n) is 2.38. The highest BCUT2D eigenvalue weighted by molar-refractivity contribution is 5.51. The summed E-state index contributed by atoms with van der Waals surface area (Å²) in [5.41, 5.74) is 0.560. The molecule has 3 rings (SSSR count). The van der Waals surface area contributed by atoms with Gasteiger partial charge in [-0.15, -0.1) is 0 Å². The molecule has 2 aromatic heterocycles. The Kier molecular flexibility index (Phi) is 2.67. The van der Waals surface area contributed by atoms with Crippen LogP contribution in [0.2, 0.25) is 0 Å². The van der Waals surface area contributed by atoms with Crippen LogP contribution in [0.3, 0.4) is 0 Å². The second-order valence-corrected chi connectivity index (χ2v) is 4.97. The van der Waals surface area contributed by atoms with Crippen molar-refractivity contribution >= 4 is 0 Å². The molecule has 94 valence electrons. The third kappa shape index (κ3) is 1.73. The van der Waals surface area contributed by atoms with Crippen LogP contribution >= 0.6 is 0 Å². The Balaban J connectivity index is 1.99. The third-order valence-electron chi connectivity index (χ3n) is 3.74. The molecule has 0 spiro atoms. The Hall–Kier alpha value is -1.68. The van der Waals surface area contributed by atoms with E-state index in [1.807, 2.05) is 25.1 Å². The molecule has 0 atom stereocenters. The summed E-state index contributed by atoms with van der Waals surface area (Å²) in [4.78, 5) is 8.88. The van der Waals surface area contributed by atoms with Crippen LogP contribution in [0.1, 0.15) is 30.8 Å². The average Bonchev–Trinajstić information content (AvgIpc) is 2.76. The smallest absolute Gasteiger partial charge is 0.152 e. The monoisotopic (exact) mass is 244 g/mol. The van der Waals surface area contributed by atoms with Crippen LogP contribution in [0.5, 0.6) is 0 Å². The summed E-state index contributed by atoms with van der Waals surface area (Å²) in [6.45, 7) is 2.03. The lowest BCUT2D eigenvalue weighted by Gasteiger charge is -2.38. The van der Waals surface area contributed by atoms with Crippen LogP contribution in [0.25, 0.3) is 11.5 Å². The standard InChI is InChI=1S/C14H16N2O2/c1-10-3-4-12(18-10)11-5-8-15-13(16-11)14(9-17)6-2-7-14/h3-5,8,17H,2,6-7,9H2,1H3. The number of aryl methyl sites for hydroxylation is 1. The van der Waals surface area contributed by atoms with Crippen LogP contribution < -0.4 is 0 Å². The van der Waals surface area contributed by atoms with Gasteiger partial charge in [0.2, 0.25) is 0 Å². The number of hydrogen-bond acceptors (Lipinski definition) is 4. The van der Waals surface area contributed by atoms with Crippen molar-refractivity contribution in [2.45, 2.75) is 31.6 Å². The van der Waals surface area contributed by atoms with Crippen LogP contribution in [0.15, 0.2) is 28.8 Å². The fraction of sp³-hybridized carbons (Fsp3) is 0.429. The highest BCUT2D eigenvalue weighted by Crippen LogP contribution is 2.41. The first-order valence-electron chi connectivity index (χ1n) is 6.25. The lowest BCUT2D eigenvalue weighted by atomic mass is 9.68. The van der Waals surface area contributed by atoms with Gasteiger partial charge >= 0.3 is 0 Å². The van der Waals surface area contributed by atoms with E-state index in [0.717, 1.165) is 42.3 Å². The van der Waals surface area contributed by atoms with Crippen molar-refractivity contribution in [3.8, 4) is 11.5 Å². The lowest BCUT2D eigenvalue weighted by molar-refractivity contribution is 0.112. The second kappa shape index (κ2) is 4.21. The zero-order valence-corrected chi connectivity index (χ0v) is 10.4. The zero-order chi connectivity index (χ0) is 12.6. The highest BCUT2D eigenvalue weighted by atomic mass is 16.3. The Morgan fingerprint density at radius 1 is 1.33 bits per heavy atom. The third-order valence-corrected chi connectivity index (χ3v) is 3.74. The van der Waals surface area contributed by atoms with E-state index in [4.69, 9.17) is 4.42 Å². The van der Waals surface area contributed by atoms with E-state index in [-0.39, 0.29) is 12.0 Å². The number of rotatable bonds is 3. The molecule has 1 fully saturated rings. The molecule has 1 aliphatic carbocycles. The average molecular weight is 244 g/mol. The van der Waals surface area contributed by atoms with E-state index in [9.17, 15) is 5.11 Å². The van der Waals surface area contributed by atoms with Gasteiger partial charge in [-0.05, 0) is 38.0 Å². The van der Waals surface area contributed by atoms with Gasteiger partial charge in [0.25, 0.3) is 0 Å². The van der Waals surface area contributed by atoms with Crippen molar-refractivity contribution in [1.29, 1.82) is 0 Å². The minimum Gasteiger partial charge on any atom is -0.460 e. The maximum Gasteiger partial charge on any atom is 0.152 e. The largest absolute Gasteiger partial charge is 0.460 e.